The summed E-state index contributed by atoms with van der Waals surface area (Å²) in [5.74, 6) is -0.314. The normalized spacial score (nSPS) is 10.8. The highest BCUT2D eigenvalue weighted by molar-refractivity contribution is 7.99. The number of nitrogens with one attached hydrogen (secondary N) is 1. The second-order valence-electron chi connectivity index (χ2n) is 3.62. The summed E-state index contributed by atoms with van der Waals surface area (Å²) in [5, 5.41) is 23.9. The van der Waals surface area contributed by atoms with E-state index in [1.165, 1.54) is 0 Å². The second kappa shape index (κ2) is 6.34. The highest BCUT2D eigenvalue weighted by atomic mass is 32.2. The molecule has 2 N–H and O–H groups in total. The van der Waals surface area contributed by atoms with Crippen LogP contribution < -0.4 is 0 Å². The van der Waals surface area contributed by atoms with Gasteiger partial charge in [-0.15, -0.1) is 10.2 Å². The first kappa shape index (κ1) is 13.6. The van der Waals surface area contributed by atoms with Gasteiger partial charge in [-0.1, -0.05) is 11.8 Å². The van der Waals surface area contributed by atoms with E-state index in [2.05, 4.69) is 20.4 Å². The van der Waals surface area contributed by atoms with Crippen molar-refractivity contribution in [1.82, 2.24) is 25.0 Å². The molecular weight excluding hydrogens is 270 g/mol. The Bertz CT molecular complexity index is 539. The highest BCUT2D eigenvalue weighted by Gasteiger charge is 2.15. The van der Waals surface area contributed by atoms with Crippen LogP contribution in [0, 0.1) is 0 Å². The molecular formula is C10H13N5O3S. The zero-order chi connectivity index (χ0) is 13.7. The minimum absolute atomic E-state index is 0.0590. The Morgan fingerprint density at radius 1 is 1.58 bits per heavy atom. The van der Waals surface area contributed by atoms with Gasteiger partial charge in [0.1, 0.15) is 0 Å². The van der Waals surface area contributed by atoms with Crippen LogP contribution >= 0.6 is 11.8 Å². The number of carboxylic acid groups (broad SMARTS) is 1. The topological polar surface area (TPSA) is 106 Å². The smallest absolute Gasteiger partial charge is 0.313 e. The number of aromatic nitrogens is 5. The van der Waals surface area contributed by atoms with Gasteiger partial charge in [-0.05, 0) is 0 Å². The van der Waals surface area contributed by atoms with Crippen LogP contribution in [0.25, 0.3) is 11.4 Å². The third kappa shape index (κ3) is 3.32. The molecule has 0 aliphatic heterocycles. The molecule has 8 nitrogen and oxygen atoms in total. The van der Waals surface area contributed by atoms with Crippen LogP contribution in [0.1, 0.15) is 0 Å². The van der Waals surface area contributed by atoms with Crippen molar-refractivity contribution in [3.05, 3.63) is 12.4 Å². The molecule has 2 aromatic rings. The summed E-state index contributed by atoms with van der Waals surface area (Å²) < 4.78 is 6.86. The lowest BCUT2D eigenvalue weighted by atomic mass is 10.3. The fourth-order valence-corrected chi connectivity index (χ4v) is 2.18. The van der Waals surface area contributed by atoms with Gasteiger partial charge in [-0.3, -0.25) is 14.5 Å². The molecule has 0 spiro atoms. The number of carboxylic acids is 1. The van der Waals surface area contributed by atoms with Crippen LogP contribution in [-0.2, 0) is 16.1 Å². The van der Waals surface area contributed by atoms with Gasteiger partial charge in [0.2, 0.25) is 0 Å². The minimum atomic E-state index is -0.892. The lowest BCUT2D eigenvalue weighted by Gasteiger charge is -2.07. The molecule has 19 heavy (non-hydrogen) atoms. The standard InChI is InChI=1S/C10H13N5O3S/c1-18-3-2-15-9(7-4-11-12-5-7)13-14-10(15)19-6-8(16)17/h4-5H,2-3,6H2,1H3,(H,11,12)(H,16,17). The predicted molar refractivity (Wildman–Crippen MR) is 67.8 cm³/mol. The van der Waals surface area contributed by atoms with E-state index in [9.17, 15) is 4.79 Å². The quantitative estimate of drug-likeness (QED) is 0.712. The van der Waals surface area contributed by atoms with Crippen LogP contribution in [0.15, 0.2) is 17.6 Å². The Kier molecular flexibility index (Phi) is 4.53. The van der Waals surface area contributed by atoms with Crippen LogP contribution in [0.5, 0.6) is 0 Å². The van der Waals surface area contributed by atoms with Crippen LogP contribution in [-0.4, -0.2) is 55.5 Å². The molecule has 0 bridgehead atoms. The number of aromatic amines is 1. The molecule has 0 amide bonds. The fraction of sp³-hybridized carbons (Fsp3) is 0.400. The SMILES string of the molecule is COCCn1c(SCC(=O)O)nnc1-c1cn[nH]c1. The van der Waals surface area contributed by atoms with Crippen molar-refractivity contribution < 1.29 is 14.6 Å². The van der Waals surface area contributed by atoms with Crippen LogP contribution in [0.4, 0.5) is 0 Å². The molecule has 2 heterocycles. The monoisotopic (exact) mass is 283 g/mol. The van der Waals surface area contributed by atoms with Crippen LogP contribution in [0.3, 0.4) is 0 Å². The fourth-order valence-electron chi connectivity index (χ4n) is 1.49. The number of methoxy groups -OCH3 is 1. The summed E-state index contributed by atoms with van der Waals surface area (Å²) in [5.41, 5.74) is 0.797. The van der Waals surface area contributed by atoms with Gasteiger partial charge in [0.05, 0.1) is 30.7 Å². The second-order valence-corrected chi connectivity index (χ2v) is 4.56. The first-order chi connectivity index (χ1) is 9.22. The van der Waals surface area contributed by atoms with Gasteiger partial charge < -0.3 is 9.84 Å². The molecule has 2 rings (SSSR count). The lowest BCUT2D eigenvalue weighted by molar-refractivity contribution is -0.133. The molecule has 0 saturated carbocycles. The summed E-state index contributed by atoms with van der Waals surface area (Å²) in [7, 11) is 1.60. The zero-order valence-corrected chi connectivity index (χ0v) is 11.1. The maximum Gasteiger partial charge on any atom is 0.313 e. The Balaban J connectivity index is 2.25. The molecule has 0 fully saturated rings. The Morgan fingerprint density at radius 3 is 3.05 bits per heavy atom. The average Bonchev–Trinajstić information content (AvgIpc) is 3.02. The van der Waals surface area contributed by atoms with Crippen molar-refractivity contribution in [3.8, 4) is 11.4 Å². The summed E-state index contributed by atoms with van der Waals surface area (Å²) in [6.45, 7) is 1.04. The van der Waals surface area contributed by atoms with Gasteiger partial charge >= 0.3 is 5.97 Å². The predicted octanol–water partition coefficient (Wildman–Crippen LogP) is 0.491. The lowest BCUT2D eigenvalue weighted by Crippen LogP contribution is -2.08. The largest absolute Gasteiger partial charge is 0.481 e. The molecule has 0 unspecified atom stereocenters. The van der Waals surface area contributed by atoms with Crippen molar-refractivity contribution in [3.63, 3.8) is 0 Å². The molecule has 0 aromatic carbocycles. The van der Waals surface area contributed by atoms with Crippen molar-refractivity contribution in [2.24, 2.45) is 0 Å². The van der Waals surface area contributed by atoms with Gasteiger partial charge in [-0.25, -0.2) is 0 Å². The number of carbonyl (C=O) groups is 1. The third-order valence-corrected chi connectivity index (χ3v) is 3.27. The Labute approximate surface area is 113 Å². The zero-order valence-electron chi connectivity index (χ0n) is 10.2. The average molecular weight is 283 g/mol. The van der Waals surface area contributed by atoms with Crippen molar-refractivity contribution in [2.45, 2.75) is 11.7 Å². The number of hydrogen-bond acceptors (Lipinski definition) is 6. The van der Waals surface area contributed by atoms with Gasteiger partial charge in [-0.2, -0.15) is 5.10 Å². The van der Waals surface area contributed by atoms with E-state index in [1.807, 2.05) is 4.57 Å². The van der Waals surface area contributed by atoms with E-state index in [-0.39, 0.29) is 5.75 Å². The number of H-pyrrole nitrogens is 1. The highest BCUT2D eigenvalue weighted by Crippen LogP contribution is 2.22. The van der Waals surface area contributed by atoms with E-state index in [4.69, 9.17) is 9.84 Å². The number of nitrogens with zero attached hydrogens (tertiary/aromatic N) is 4. The van der Waals surface area contributed by atoms with Gasteiger partial charge in [0.25, 0.3) is 0 Å². The molecule has 0 atom stereocenters. The summed E-state index contributed by atoms with van der Waals surface area (Å²) in [6.07, 6.45) is 3.35. The molecule has 9 heteroatoms. The molecule has 2 aromatic heterocycles. The molecule has 0 aliphatic carbocycles. The van der Waals surface area contributed by atoms with Crippen molar-refractivity contribution in [2.75, 3.05) is 19.5 Å². The Morgan fingerprint density at radius 2 is 2.42 bits per heavy atom. The molecule has 0 saturated heterocycles. The van der Waals surface area contributed by atoms with E-state index in [0.29, 0.717) is 24.1 Å². The minimum Gasteiger partial charge on any atom is -0.481 e. The van der Waals surface area contributed by atoms with E-state index in [0.717, 1.165) is 17.3 Å². The Hall–Kier alpha value is -1.87. The van der Waals surface area contributed by atoms with E-state index < -0.39 is 5.97 Å². The summed E-state index contributed by atoms with van der Waals surface area (Å²) >= 11 is 1.13. The first-order valence-electron chi connectivity index (χ1n) is 5.48. The van der Waals surface area contributed by atoms with Gasteiger partial charge in [0.15, 0.2) is 11.0 Å². The molecule has 0 aliphatic rings. The molecule has 102 valence electrons. The summed E-state index contributed by atoms with van der Waals surface area (Å²) in [6, 6.07) is 0. The number of hydrogen-bond donors (Lipinski definition) is 2. The number of aliphatic carboxylic acids is 1. The van der Waals surface area contributed by atoms with E-state index in [1.54, 1.807) is 19.5 Å². The van der Waals surface area contributed by atoms with Crippen molar-refractivity contribution >= 4 is 17.7 Å². The van der Waals surface area contributed by atoms with Crippen molar-refractivity contribution in [1.29, 1.82) is 0 Å². The summed E-state index contributed by atoms with van der Waals surface area (Å²) in [4.78, 5) is 10.6. The van der Waals surface area contributed by atoms with Gasteiger partial charge in [0, 0.05) is 13.3 Å². The number of thioether (sulfide) groups is 1. The maximum atomic E-state index is 10.6. The number of rotatable bonds is 7. The van der Waals surface area contributed by atoms with E-state index >= 15 is 0 Å². The maximum absolute atomic E-state index is 10.6. The first-order valence-corrected chi connectivity index (χ1v) is 6.47. The molecule has 0 radical (unpaired) electrons. The number of ether oxygens (including phenoxy) is 1. The third-order valence-electron chi connectivity index (χ3n) is 2.32. The van der Waals surface area contributed by atoms with Crippen LogP contribution in [0.2, 0.25) is 0 Å².